The Balaban J connectivity index is 0.00000144. The molecular weight excluding hydrogens is 420 g/mol. The number of amides is 1. The van der Waals surface area contributed by atoms with Crippen LogP contribution in [0.15, 0.2) is 36.4 Å². The molecule has 0 spiro atoms. The average molecular weight is 459 g/mol. The van der Waals surface area contributed by atoms with Crippen LogP contribution in [0.2, 0.25) is 0 Å². The maximum absolute atomic E-state index is 12.7. The summed E-state index contributed by atoms with van der Waals surface area (Å²) < 4.78 is 2.06. The van der Waals surface area contributed by atoms with Crippen molar-refractivity contribution in [3.8, 4) is 5.69 Å². The second kappa shape index (κ2) is 10.7. The van der Waals surface area contributed by atoms with Crippen LogP contribution in [-0.4, -0.2) is 88.5 Å². The molecule has 4 heterocycles. The number of carbonyl (C=O) groups is 1. The van der Waals surface area contributed by atoms with Crippen LogP contribution in [-0.2, 0) is 4.79 Å². The monoisotopic (exact) mass is 458 g/mol. The molecule has 32 heavy (non-hydrogen) atoms. The van der Waals surface area contributed by atoms with E-state index in [1.165, 1.54) is 5.82 Å². The quantitative estimate of drug-likeness (QED) is 0.760. The number of hydrogen-bond donors (Lipinski definition) is 1. The van der Waals surface area contributed by atoms with Crippen molar-refractivity contribution in [1.82, 2.24) is 24.9 Å². The molecule has 0 saturated carbocycles. The number of hydrogen-bond acceptors (Lipinski definition) is 6. The molecule has 7 nitrogen and oxygen atoms in total. The summed E-state index contributed by atoms with van der Waals surface area (Å²) in [5.41, 5.74) is 2.14. The highest BCUT2D eigenvalue weighted by Crippen LogP contribution is 2.25. The Morgan fingerprint density at radius 1 is 1.09 bits per heavy atom. The van der Waals surface area contributed by atoms with E-state index in [1.54, 1.807) is 0 Å². The Labute approximate surface area is 197 Å². The summed E-state index contributed by atoms with van der Waals surface area (Å²) in [5.74, 6) is 3.39. The first-order valence-corrected chi connectivity index (χ1v) is 12.1. The number of piperazine rings is 1. The Bertz CT molecular complexity index is 874. The Morgan fingerprint density at radius 3 is 2.53 bits per heavy atom. The lowest BCUT2D eigenvalue weighted by atomic mass is 10.1. The lowest BCUT2D eigenvalue weighted by Gasteiger charge is -2.38. The minimum atomic E-state index is -0.00566. The first kappa shape index (κ1) is 24.6. The summed E-state index contributed by atoms with van der Waals surface area (Å²) >= 11 is 1.85. The summed E-state index contributed by atoms with van der Waals surface area (Å²) in [6.45, 7) is 7.88. The topological polar surface area (TPSA) is 56.6 Å². The van der Waals surface area contributed by atoms with Crippen molar-refractivity contribution in [3.05, 3.63) is 42.1 Å². The van der Waals surface area contributed by atoms with Crippen LogP contribution in [0.5, 0.6) is 0 Å². The molecule has 3 saturated heterocycles. The van der Waals surface area contributed by atoms with E-state index in [0.717, 1.165) is 68.7 Å². The number of anilines is 1. The van der Waals surface area contributed by atoms with Gasteiger partial charge < -0.3 is 15.1 Å². The maximum Gasteiger partial charge on any atom is 0.240 e. The lowest BCUT2D eigenvalue weighted by molar-refractivity contribution is -0.131. The molecule has 1 amide bonds. The van der Waals surface area contributed by atoms with Crippen molar-refractivity contribution in [3.63, 3.8) is 0 Å². The van der Waals surface area contributed by atoms with Gasteiger partial charge in [-0.1, -0.05) is 33.1 Å². The number of nitrogens with zero attached hydrogens (tertiary/aromatic N) is 5. The number of thioether (sulfide) groups is 1. The molecule has 0 aliphatic carbocycles. The van der Waals surface area contributed by atoms with Crippen molar-refractivity contribution in [2.24, 2.45) is 0 Å². The number of carbonyl (C=O) groups excluding carboxylic acids is 1. The Hall–Kier alpha value is -2.03. The molecule has 1 aromatic heterocycles. The fourth-order valence-electron chi connectivity index (χ4n) is 4.78. The molecule has 0 bridgehead atoms. The van der Waals surface area contributed by atoms with E-state index in [4.69, 9.17) is 5.10 Å². The molecule has 2 atom stereocenters. The van der Waals surface area contributed by atoms with Gasteiger partial charge in [-0.2, -0.15) is 5.10 Å². The molecule has 2 aromatic rings. The largest absolute Gasteiger partial charge is 0.354 e. The summed E-state index contributed by atoms with van der Waals surface area (Å²) in [6.07, 6.45) is 0.932. The van der Waals surface area contributed by atoms with Gasteiger partial charge in [0.1, 0.15) is 5.82 Å². The summed E-state index contributed by atoms with van der Waals surface area (Å²) in [5, 5.41) is 8.21. The molecule has 8 heteroatoms. The van der Waals surface area contributed by atoms with Crippen LogP contribution in [0.1, 0.15) is 27.0 Å². The highest BCUT2D eigenvalue weighted by molar-refractivity contribution is 7.99. The summed E-state index contributed by atoms with van der Waals surface area (Å²) in [4.78, 5) is 19.7. The van der Waals surface area contributed by atoms with E-state index in [2.05, 4.69) is 57.1 Å². The lowest BCUT2D eigenvalue weighted by Crippen LogP contribution is -2.51. The molecular formula is C24H38N6OS. The first-order chi connectivity index (χ1) is 14.7. The minimum absolute atomic E-state index is 0. The number of aromatic nitrogens is 2. The van der Waals surface area contributed by atoms with Crippen LogP contribution in [0, 0.1) is 6.92 Å². The van der Waals surface area contributed by atoms with Crippen molar-refractivity contribution < 1.29 is 4.79 Å². The highest BCUT2D eigenvalue weighted by atomic mass is 32.2. The number of rotatable bonds is 4. The van der Waals surface area contributed by atoms with Crippen LogP contribution in [0.3, 0.4) is 0 Å². The van der Waals surface area contributed by atoms with E-state index >= 15 is 0 Å². The minimum Gasteiger partial charge on any atom is -0.354 e. The van der Waals surface area contributed by atoms with E-state index in [-0.39, 0.29) is 20.9 Å². The molecule has 1 aromatic carbocycles. The van der Waals surface area contributed by atoms with Gasteiger partial charge in [0.05, 0.1) is 23.3 Å². The maximum atomic E-state index is 12.7. The van der Waals surface area contributed by atoms with Crippen molar-refractivity contribution in [2.45, 2.75) is 40.3 Å². The fraction of sp³-hybridized carbons (Fsp3) is 0.583. The number of benzene rings is 1. The SMILES string of the molecule is C.C.Cc1cc(N2CCN([C@@H]3CN[C@H](C(=O)N4CCSC4)C3)CC2)n(-c2ccccc2)n1. The molecule has 3 aliphatic heterocycles. The smallest absolute Gasteiger partial charge is 0.240 e. The molecule has 3 fully saturated rings. The van der Waals surface area contributed by atoms with Gasteiger partial charge in [-0.25, -0.2) is 4.68 Å². The summed E-state index contributed by atoms with van der Waals surface area (Å²) in [6, 6.07) is 13.0. The van der Waals surface area contributed by atoms with Crippen LogP contribution in [0.25, 0.3) is 5.69 Å². The zero-order chi connectivity index (χ0) is 20.5. The molecule has 0 unspecified atom stereocenters. The number of para-hydroxylation sites is 1. The summed E-state index contributed by atoms with van der Waals surface area (Å²) in [7, 11) is 0. The van der Waals surface area contributed by atoms with E-state index < -0.39 is 0 Å². The second-order valence-electron chi connectivity index (χ2n) is 8.40. The Morgan fingerprint density at radius 2 is 1.84 bits per heavy atom. The standard InChI is InChI=1S/C22H30N6OS.2CH4/c1-17-13-21(28(24-17)18-5-3-2-4-6-18)26-9-7-25(8-10-26)19-14-20(23-15-19)22(29)27-11-12-30-16-27;;/h2-6,13,19-20,23H,7-12,14-16H2,1H3;2*1H4/t19-,20-;;/m0../s1. The van der Waals surface area contributed by atoms with Gasteiger partial charge in [0.2, 0.25) is 5.91 Å². The molecule has 0 radical (unpaired) electrons. The van der Waals surface area contributed by atoms with E-state index in [9.17, 15) is 4.79 Å². The van der Waals surface area contributed by atoms with Gasteiger partial charge in [-0.15, -0.1) is 11.8 Å². The van der Waals surface area contributed by atoms with Gasteiger partial charge in [0.25, 0.3) is 0 Å². The molecule has 3 aliphatic rings. The third-order valence-electron chi connectivity index (χ3n) is 6.44. The zero-order valence-corrected chi connectivity index (χ0v) is 18.4. The van der Waals surface area contributed by atoms with Crippen molar-refractivity contribution in [2.75, 3.05) is 55.8 Å². The van der Waals surface area contributed by atoms with Gasteiger partial charge in [0.15, 0.2) is 0 Å². The first-order valence-electron chi connectivity index (χ1n) is 10.9. The molecule has 1 N–H and O–H groups in total. The normalized spacial score (nSPS) is 23.7. The predicted molar refractivity (Wildman–Crippen MR) is 135 cm³/mol. The third-order valence-corrected chi connectivity index (χ3v) is 7.40. The van der Waals surface area contributed by atoms with Gasteiger partial charge >= 0.3 is 0 Å². The van der Waals surface area contributed by atoms with Gasteiger partial charge in [-0.05, 0) is 25.5 Å². The fourth-order valence-corrected chi connectivity index (χ4v) is 5.73. The van der Waals surface area contributed by atoms with Crippen molar-refractivity contribution in [1.29, 1.82) is 0 Å². The predicted octanol–water partition coefficient (Wildman–Crippen LogP) is 2.84. The number of aryl methyl sites for hydroxylation is 1. The second-order valence-corrected chi connectivity index (χ2v) is 9.48. The molecule has 176 valence electrons. The average Bonchev–Trinajstić information content (AvgIpc) is 3.55. The van der Waals surface area contributed by atoms with Gasteiger partial charge in [-0.3, -0.25) is 9.69 Å². The van der Waals surface area contributed by atoms with Crippen molar-refractivity contribution >= 4 is 23.5 Å². The zero-order valence-electron chi connectivity index (χ0n) is 17.5. The van der Waals surface area contributed by atoms with Crippen LogP contribution in [0.4, 0.5) is 5.82 Å². The highest BCUT2D eigenvalue weighted by Gasteiger charge is 2.36. The van der Waals surface area contributed by atoms with Gasteiger partial charge in [0, 0.05) is 57.1 Å². The van der Waals surface area contributed by atoms with E-state index in [0.29, 0.717) is 11.9 Å². The van der Waals surface area contributed by atoms with Crippen LogP contribution < -0.4 is 10.2 Å². The number of nitrogens with one attached hydrogen (secondary N) is 1. The molecule has 5 rings (SSSR count). The van der Waals surface area contributed by atoms with E-state index in [1.807, 2.05) is 22.7 Å². The Kier molecular flexibility index (Phi) is 8.25. The van der Waals surface area contributed by atoms with Crippen LogP contribution >= 0.6 is 11.8 Å². The third kappa shape index (κ3) is 4.97.